The Kier molecular flexibility index (Phi) is 5.65. The molecule has 9 heteroatoms. The zero-order valence-electron chi connectivity index (χ0n) is 18.2. The van der Waals surface area contributed by atoms with E-state index in [0.717, 1.165) is 11.1 Å². The lowest BCUT2D eigenvalue weighted by Gasteiger charge is -2.28. The van der Waals surface area contributed by atoms with Gasteiger partial charge in [-0.15, -0.1) is 0 Å². The fraction of sp³-hybridized carbons (Fsp3) is 0.375. The summed E-state index contributed by atoms with van der Waals surface area (Å²) in [5.74, 6) is 0.108. The molecule has 0 aliphatic carbocycles. The first-order valence-electron chi connectivity index (χ1n) is 11.2. The minimum atomic E-state index is -3.07. The summed E-state index contributed by atoms with van der Waals surface area (Å²) in [5, 5.41) is 2.86. The second-order valence-corrected chi connectivity index (χ2v) is 11.1. The minimum Gasteiger partial charge on any atom is -0.338 e. The van der Waals surface area contributed by atoms with Gasteiger partial charge in [0, 0.05) is 32.4 Å². The van der Waals surface area contributed by atoms with E-state index in [0.29, 0.717) is 44.8 Å². The lowest BCUT2D eigenvalue weighted by atomic mass is 9.99. The third-order valence-corrected chi connectivity index (χ3v) is 8.37. The van der Waals surface area contributed by atoms with Crippen molar-refractivity contribution in [2.45, 2.75) is 25.9 Å². The number of hydrogen-bond acceptors (Lipinski definition) is 5. The maximum atomic E-state index is 12.6. The van der Waals surface area contributed by atoms with Crippen LogP contribution in [0.1, 0.15) is 29.5 Å². The van der Waals surface area contributed by atoms with Crippen molar-refractivity contribution in [1.82, 2.24) is 14.8 Å². The van der Waals surface area contributed by atoms with Gasteiger partial charge >= 0.3 is 6.03 Å². The van der Waals surface area contributed by atoms with E-state index >= 15 is 0 Å². The summed E-state index contributed by atoms with van der Waals surface area (Å²) in [4.78, 5) is 33.1. The monoisotopic (exact) mass is 466 g/mol. The quantitative estimate of drug-likeness (QED) is 0.750. The fourth-order valence-corrected chi connectivity index (χ4v) is 6.44. The zero-order valence-corrected chi connectivity index (χ0v) is 19.1. The van der Waals surface area contributed by atoms with Crippen LogP contribution in [0.15, 0.2) is 48.7 Å². The molecule has 1 unspecified atom stereocenters. The van der Waals surface area contributed by atoms with Gasteiger partial charge in [0.1, 0.15) is 5.82 Å². The highest BCUT2D eigenvalue weighted by molar-refractivity contribution is 7.91. The summed E-state index contributed by atoms with van der Waals surface area (Å²) in [6, 6.07) is 11.6. The first-order chi connectivity index (χ1) is 15.9. The summed E-state index contributed by atoms with van der Waals surface area (Å²) in [6.45, 7) is 2.22. The van der Waals surface area contributed by atoms with E-state index in [9.17, 15) is 18.0 Å². The Balaban J connectivity index is 1.16. The Morgan fingerprint density at radius 1 is 1.03 bits per heavy atom. The molecule has 1 saturated heterocycles. The Bertz CT molecular complexity index is 1200. The van der Waals surface area contributed by atoms with Gasteiger partial charge in [0.25, 0.3) is 0 Å². The van der Waals surface area contributed by atoms with Crippen molar-refractivity contribution in [3.63, 3.8) is 0 Å². The predicted octanol–water partition coefficient (Wildman–Crippen LogP) is 2.68. The van der Waals surface area contributed by atoms with E-state index in [1.165, 1.54) is 11.1 Å². The van der Waals surface area contributed by atoms with Crippen LogP contribution < -0.4 is 5.32 Å². The maximum absolute atomic E-state index is 12.6. The molecule has 0 radical (unpaired) electrons. The van der Waals surface area contributed by atoms with Crippen molar-refractivity contribution < 1.29 is 18.0 Å². The molecule has 4 heterocycles. The topological polar surface area (TPSA) is 99.7 Å². The number of urea groups is 1. The van der Waals surface area contributed by atoms with Gasteiger partial charge in [-0.2, -0.15) is 0 Å². The van der Waals surface area contributed by atoms with Crippen LogP contribution in [0.2, 0.25) is 0 Å². The molecule has 3 aliphatic rings. The van der Waals surface area contributed by atoms with Crippen LogP contribution in [0.25, 0.3) is 5.57 Å². The van der Waals surface area contributed by atoms with Crippen LogP contribution in [-0.4, -0.2) is 59.7 Å². The highest BCUT2D eigenvalue weighted by atomic mass is 32.2. The van der Waals surface area contributed by atoms with Crippen LogP contribution >= 0.6 is 0 Å². The van der Waals surface area contributed by atoms with Crippen molar-refractivity contribution in [2.24, 2.45) is 5.92 Å². The van der Waals surface area contributed by atoms with Gasteiger partial charge in [-0.1, -0.05) is 30.3 Å². The van der Waals surface area contributed by atoms with Gasteiger partial charge in [-0.25, -0.2) is 18.2 Å². The van der Waals surface area contributed by atoms with Crippen LogP contribution in [0.3, 0.4) is 0 Å². The third kappa shape index (κ3) is 4.64. The molecule has 1 N–H and O–H groups in total. The minimum absolute atomic E-state index is 0.0282. The number of sulfone groups is 1. The van der Waals surface area contributed by atoms with Gasteiger partial charge < -0.3 is 9.80 Å². The van der Waals surface area contributed by atoms with Gasteiger partial charge in [0.05, 0.1) is 17.4 Å². The number of fused-ring (bicyclic) bond motifs is 1. The molecule has 1 fully saturated rings. The van der Waals surface area contributed by atoms with Crippen LogP contribution in [0.4, 0.5) is 10.6 Å². The number of rotatable bonds is 3. The van der Waals surface area contributed by atoms with E-state index in [1.807, 2.05) is 36.4 Å². The highest BCUT2D eigenvalue weighted by Gasteiger charge is 2.35. The molecule has 1 atom stereocenters. The van der Waals surface area contributed by atoms with Crippen molar-refractivity contribution >= 4 is 33.2 Å². The number of carbonyl (C=O) groups excluding carboxylic acids is 2. The summed E-state index contributed by atoms with van der Waals surface area (Å²) >= 11 is 0. The molecule has 2 aromatic rings. The van der Waals surface area contributed by atoms with Crippen LogP contribution in [-0.2, 0) is 27.7 Å². The van der Waals surface area contributed by atoms with Gasteiger partial charge in [0.15, 0.2) is 9.84 Å². The second-order valence-electron chi connectivity index (χ2n) is 8.85. The van der Waals surface area contributed by atoms with Crippen molar-refractivity contribution in [1.29, 1.82) is 0 Å². The number of nitrogens with one attached hydrogen (secondary N) is 1. The molecule has 0 spiro atoms. The molecule has 3 aliphatic heterocycles. The van der Waals surface area contributed by atoms with Crippen molar-refractivity contribution in [3.05, 3.63) is 65.4 Å². The SMILES string of the molecule is O=C(Nc1ccc(C2=CCN(C(=O)C3CCS(=O)(=O)C3)CC2)cn1)N1Cc2ccccc2C1. The molecule has 5 rings (SSSR count). The second kappa shape index (κ2) is 8.62. The Morgan fingerprint density at radius 2 is 1.79 bits per heavy atom. The number of carbonyl (C=O) groups is 2. The van der Waals surface area contributed by atoms with E-state index in [2.05, 4.69) is 10.3 Å². The number of anilines is 1. The van der Waals surface area contributed by atoms with Crippen molar-refractivity contribution in [2.75, 3.05) is 29.9 Å². The molecule has 0 bridgehead atoms. The van der Waals surface area contributed by atoms with Crippen molar-refractivity contribution in [3.8, 4) is 0 Å². The molecule has 1 aromatic carbocycles. The Labute approximate surface area is 193 Å². The summed E-state index contributed by atoms with van der Waals surface area (Å²) in [7, 11) is -3.07. The van der Waals surface area contributed by atoms with Gasteiger partial charge in [0.2, 0.25) is 5.91 Å². The van der Waals surface area contributed by atoms with E-state index in [4.69, 9.17) is 0 Å². The van der Waals surface area contributed by atoms with Crippen LogP contribution in [0.5, 0.6) is 0 Å². The lowest BCUT2D eigenvalue weighted by Crippen LogP contribution is -2.39. The predicted molar refractivity (Wildman–Crippen MR) is 125 cm³/mol. The smallest absolute Gasteiger partial charge is 0.323 e. The summed E-state index contributed by atoms with van der Waals surface area (Å²) in [5.41, 5.74) is 4.39. The molecular formula is C24H26N4O4S. The molecule has 172 valence electrons. The van der Waals surface area contributed by atoms with Gasteiger partial charge in [-0.05, 0) is 47.2 Å². The maximum Gasteiger partial charge on any atom is 0.323 e. The summed E-state index contributed by atoms with van der Waals surface area (Å²) < 4.78 is 23.3. The number of nitrogens with zero attached hydrogens (tertiary/aromatic N) is 3. The fourth-order valence-electron chi connectivity index (χ4n) is 4.70. The zero-order chi connectivity index (χ0) is 23.0. The van der Waals surface area contributed by atoms with E-state index in [1.54, 1.807) is 22.1 Å². The number of aromatic nitrogens is 1. The third-order valence-electron chi connectivity index (χ3n) is 6.60. The standard InChI is InChI=1S/C24H26N4O4S/c29-23(21-9-12-33(31,32)16-21)27-10-7-17(8-11-27)18-5-6-22(25-13-18)26-24(30)28-14-19-3-1-2-4-20(19)15-28/h1-7,13,21H,8-12,14-16H2,(H,25,26,30). The first kappa shape index (κ1) is 21.6. The van der Waals surface area contributed by atoms with E-state index < -0.39 is 15.8 Å². The highest BCUT2D eigenvalue weighted by Crippen LogP contribution is 2.27. The Hall–Kier alpha value is -3.20. The number of pyridine rings is 1. The molecule has 33 heavy (non-hydrogen) atoms. The molecule has 1 aromatic heterocycles. The van der Waals surface area contributed by atoms with Crippen LogP contribution in [0, 0.1) is 5.92 Å². The molecule has 0 saturated carbocycles. The molecule has 3 amide bonds. The lowest BCUT2D eigenvalue weighted by molar-refractivity contribution is -0.134. The molecule has 8 nitrogen and oxygen atoms in total. The number of amides is 3. The van der Waals surface area contributed by atoms with E-state index in [-0.39, 0.29) is 23.4 Å². The average Bonchev–Trinajstić information content (AvgIpc) is 3.42. The first-order valence-corrected chi connectivity index (χ1v) is 13.0. The average molecular weight is 467 g/mol. The molecular weight excluding hydrogens is 440 g/mol. The van der Waals surface area contributed by atoms with Gasteiger partial charge in [-0.3, -0.25) is 10.1 Å². The normalized spacial score (nSPS) is 21.5. The number of benzene rings is 1. The number of hydrogen-bond donors (Lipinski definition) is 1. The summed E-state index contributed by atoms with van der Waals surface area (Å²) in [6.07, 6.45) is 4.85. The largest absolute Gasteiger partial charge is 0.338 e. The Morgan fingerprint density at radius 3 is 2.36 bits per heavy atom.